The van der Waals surface area contributed by atoms with Crippen LogP contribution in [0.5, 0.6) is 0 Å². The third kappa shape index (κ3) is 3.28. The minimum absolute atomic E-state index is 0.183. The molecule has 0 atom stereocenters. The quantitative estimate of drug-likeness (QED) is 0.645. The van der Waals surface area contributed by atoms with Gasteiger partial charge in [-0.15, -0.1) is 5.10 Å². The van der Waals surface area contributed by atoms with Gasteiger partial charge in [0.1, 0.15) is 12.2 Å². The number of carboxylic acids is 1. The summed E-state index contributed by atoms with van der Waals surface area (Å²) in [4.78, 5) is 22.4. The molecule has 1 amide bonds. The van der Waals surface area contributed by atoms with Crippen molar-refractivity contribution in [3.05, 3.63) is 11.9 Å². The van der Waals surface area contributed by atoms with Gasteiger partial charge in [-0.05, 0) is 12.8 Å². The first-order valence-corrected chi connectivity index (χ1v) is 6.18. The molecular weight excluding hydrogens is 250 g/mol. The normalized spacial score (nSPS) is 17.3. The molecule has 1 aromatic heterocycles. The van der Waals surface area contributed by atoms with Gasteiger partial charge in [0.15, 0.2) is 0 Å². The summed E-state index contributed by atoms with van der Waals surface area (Å²) in [6, 6.07) is 0. The van der Waals surface area contributed by atoms with Crippen molar-refractivity contribution in [2.45, 2.75) is 44.3 Å². The summed E-state index contributed by atoms with van der Waals surface area (Å²) >= 11 is 0. The molecule has 0 saturated heterocycles. The molecule has 1 saturated carbocycles. The topological polar surface area (TPSA) is 123 Å². The minimum atomic E-state index is -0.993. The van der Waals surface area contributed by atoms with E-state index in [0.717, 1.165) is 12.8 Å². The van der Waals surface area contributed by atoms with Crippen molar-refractivity contribution in [1.82, 2.24) is 20.3 Å². The van der Waals surface area contributed by atoms with Gasteiger partial charge in [0, 0.05) is 0 Å². The van der Waals surface area contributed by atoms with Gasteiger partial charge in [-0.25, -0.2) is 4.68 Å². The van der Waals surface area contributed by atoms with Crippen LogP contribution in [0.3, 0.4) is 0 Å². The zero-order chi connectivity index (χ0) is 13.9. The fraction of sp³-hybridized carbons (Fsp3) is 0.636. The lowest BCUT2D eigenvalue weighted by Crippen LogP contribution is -2.51. The van der Waals surface area contributed by atoms with Crippen LogP contribution in [-0.4, -0.2) is 37.5 Å². The standard InChI is InChI=1S/C11H17N5O3/c12-11(3-1-2-4-11)10(19)13-5-8-6-16(15-14-8)7-9(17)18/h6H,1-5,7,12H2,(H,13,19)(H,17,18). The number of aromatic nitrogens is 3. The predicted octanol–water partition coefficient (Wildman–Crippen LogP) is -0.750. The second-order valence-electron chi connectivity index (χ2n) is 4.85. The maximum Gasteiger partial charge on any atom is 0.325 e. The Hall–Kier alpha value is -1.96. The van der Waals surface area contributed by atoms with Crippen LogP contribution in [0.4, 0.5) is 0 Å². The number of nitrogens with one attached hydrogen (secondary N) is 1. The molecule has 104 valence electrons. The number of carbonyl (C=O) groups excluding carboxylic acids is 1. The van der Waals surface area contributed by atoms with Crippen molar-refractivity contribution in [2.75, 3.05) is 0 Å². The van der Waals surface area contributed by atoms with Crippen molar-refractivity contribution < 1.29 is 14.7 Å². The van der Waals surface area contributed by atoms with E-state index in [1.54, 1.807) is 0 Å². The lowest BCUT2D eigenvalue weighted by molar-refractivity contribution is -0.138. The molecule has 1 aromatic rings. The Morgan fingerprint density at radius 1 is 1.47 bits per heavy atom. The van der Waals surface area contributed by atoms with Gasteiger partial charge in [0.05, 0.1) is 18.3 Å². The highest BCUT2D eigenvalue weighted by atomic mass is 16.4. The molecule has 4 N–H and O–H groups in total. The van der Waals surface area contributed by atoms with E-state index in [4.69, 9.17) is 10.8 Å². The Morgan fingerprint density at radius 3 is 2.79 bits per heavy atom. The first-order chi connectivity index (χ1) is 8.99. The van der Waals surface area contributed by atoms with E-state index in [1.165, 1.54) is 10.9 Å². The van der Waals surface area contributed by atoms with E-state index in [9.17, 15) is 9.59 Å². The van der Waals surface area contributed by atoms with Gasteiger partial charge in [-0.1, -0.05) is 18.1 Å². The molecule has 1 aliphatic carbocycles. The van der Waals surface area contributed by atoms with Gasteiger partial charge in [0.25, 0.3) is 0 Å². The molecule has 1 heterocycles. The first-order valence-electron chi connectivity index (χ1n) is 6.18. The van der Waals surface area contributed by atoms with Gasteiger partial charge in [-0.2, -0.15) is 0 Å². The lowest BCUT2D eigenvalue weighted by Gasteiger charge is -2.21. The fourth-order valence-electron chi connectivity index (χ4n) is 2.22. The van der Waals surface area contributed by atoms with E-state index in [0.29, 0.717) is 18.5 Å². The summed E-state index contributed by atoms with van der Waals surface area (Å²) < 4.78 is 1.21. The van der Waals surface area contributed by atoms with Crippen LogP contribution < -0.4 is 11.1 Å². The lowest BCUT2D eigenvalue weighted by atomic mass is 9.98. The SMILES string of the molecule is NC1(C(=O)NCc2cn(CC(=O)O)nn2)CCCC1. The molecule has 2 rings (SSSR count). The number of amides is 1. The molecule has 1 aliphatic rings. The number of carboxylic acid groups (broad SMARTS) is 1. The third-order valence-corrected chi connectivity index (χ3v) is 3.26. The Bertz CT molecular complexity index is 478. The molecule has 0 bridgehead atoms. The Kier molecular flexibility index (Phi) is 3.79. The molecule has 8 heteroatoms. The van der Waals surface area contributed by atoms with Crippen molar-refractivity contribution >= 4 is 11.9 Å². The second kappa shape index (κ2) is 5.35. The minimum Gasteiger partial charge on any atom is -0.480 e. The molecule has 0 aromatic carbocycles. The average molecular weight is 267 g/mol. The van der Waals surface area contributed by atoms with Crippen LogP contribution in [0.1, 0.15) is 31.4 Å². The highest BCUT2D eigenvalue weighted by molar-refractivity contribution is 5.86. The summed E-state index contributed by atoms with van der Waals surface area (Å²) in [5.74, 6) is -1.18. The zero-order valence-electron chi connectivity index (χ0n) is 10.5. The number of carbonyl (C=O) groups is 2. The van der Waals surface area contributed by atoms with Crippen molar-refractivity contribution in [1.29, 1.82) is 0 Å². The first kappa shape index (κ1) is 13.5. The van der Waals surface area contributed by atoms with Crippen molar-refractivity contribution in [3.63, 3.8) is 0 Å². The summed E-state index contributed by atoms with van der Waals surface area (Å²) in [6.45, 7) is -0.0425. The number of hydrogen-bond donors (Lipinski definition) is 3. The van der Waals surface area contributed by atoms with E-state index in [1.807, 2.05) is 0 Å². The molecule has 1 fully saturated rings. The third-order valence-electron chi connectivity index (χ3n) is 3.26. The summed E-state index contributed by atoms with van der Waals surface area (Å²) in [5, 5.41) is 18.8. The van der Waals surface area contributed by atoms with Crippen LogP contribution in [0.25, 0.3) is 0 Å². The molecule has 19 heavy (non-hydrogen) atoms. The predicted molar refractivity (Wildman–Crippen MR) is 64.9 cm³/mol. The number of nitrogens with zero attached hydrogens (tertiary/aromatic N) is 3. The Morgan fingerprint density at radius 2 is 2.16 bits per heavy atom. The molecule has 0 spiro atoms. The Labute approximate surface area is 110 Å². The van der Waals surface area contributed by atoms with E-state index < -0.39 is 11.5 Å². The van der Waals surface area contributed by atoms with Gasteiger partial charge in [0.2, 0.25) is 5.91 Å². The smallest absolute Gasteiger partial charge is 0.325 e. The van der Waals surface area contributed by atoms with Gasteiger partial charge < -0.3 is 16.2 Å². The summed E-state index contributed by atoms with van der Waals surface area (Å²) in [6.07, 6.45) is 4.83. The van der Waals surface area contributed by atoms with E-state index in [2.05, 4.69) is 15.6 Å². The van der Waals surface area contributed by atoms with E-state index in [-0.39, 0.29) is 19.0 Å². The zero-order valence-corrected chi connectivity index (χ0v) is 10.5. The van der Waals surface area contributed by atoms with Crippen LogP contribution >= 0.6 is 0 Å². The van der Waals surface area contributed by atoms with Crippen LogP contribution in [0.15, 0.2) is 6.20 Å². The number of nitrogens with two attached hydrogens (primary N) is 1. The van der Waals surface area contributed by atoms with Gasteiger partial charge in [-0.3, -0.25) is 9.59 Å². The van der Waals surface area contributed by atoms with Crippen molar-refractivity contribution in [3.8, 4) is 0 Å². The largest absolute Gasteiger partial charge is 0.480 e. The highest BCUT2D eigenvalue weighted by Gasteiger charge is 2.36. The van der Waals surface area contributed by atoms with Crippen LogP contribution in [-0.2, 0) is 22.7 Å². The fourth-order valence-corrected chi connectivity index (χ4v) is 2.22. The maximum absolute atomic E-state index is 11.9. The molecule has 0 aliphatic heterocycles. The van der Waals surface area contributed by atoms with Crippen LogP contribution in [0.2, 0.25) is 0 Å². The number of aliphatic carboxylic acids is 1. The van der Waals surface area contributed by atoms with Crippen LogP contribution in [0, 0.1) is 0 Å². The van der Waals surface area contributed by atoms with E-state index >= 15 is 0 Å². The van der Waals surface area contributed by atoms with Gasteiger partial charge >= 0.3 is 5.97 Å². The number of hydrogen-bond acceptors (Lipinski definition) is 5. The monoisotopic (exact) mass is 267 g/mol. The average Bonchev–Trinajstić information content (AvgIpc) is 2.95. The highest BCUT2D eigenvalue weighted by Crippen LogP contribution is 2.27. The summed E-state index contributed by atoms with van der Waals surface area (Å²) in [5.41, 5.74) is 5.75. The maximum atomic E-state index is 11.9. The molecule has 8 nitrogen and oxygen atoms in total. The number of rotatable bonds is 5. The molecular formula is C11H17N5O3. The second-order valence-corrected chi connectivity index (χ2v) is 4.85. The van der Waals surface area contributed by atoms with Crippen molar-refractivity contribution in [2.24, 2.45) is 5.73 Å². The molecule has 0 unspecified atom stereocenters. The Balaban J connectivity index is 1.86. The molecule has 0 radical (unpaired) electrons. The summed E-state index contributed by atoms with van der Waals surface area (Å²) in [7, 11) is 0.